The number of halogens is 2. The fourth-order valence-electron chi connectivity index (χ4n) is 1.76. The summed E-state index contributed by atoms with van der Waals surface area (Å²) in [4.78, 5) is 14.7. The lowest BCUT2D eigenvalue weighted by Gasteiger charge is -2.17. The van der Waals surface area contributed by atoms with Gasteiger partial charge in [0, 0.05) is 24.0 Å². The van der Waals surface area contributed by atoms with Crippen LogP contribution in [0.4, 0.5) is 14.5 Å². The first-order valence-corrected chi connectivity index (χ1v) is 6.89. The largest absolute Gasteiger partial charge is 0.394 e. The Labute approximate surface area is 119 Å². The second kappa shape index (κ2) is 6.00. The monoisotopic (exact) mass is 296 g/mol. The van der Waals surface area contributed by atoms with Crippen molar-refractivity contribution >= 4 is 22.9 Å². The lowest BCUT2D eigenvalue weighted by atomic mass is 10.1. The van der Waals surface area contributed by atoms with Crippen LogP contribution in [0.5, 0.6) is 0 Å². The van der Waals surface area contributed by atoms with E-state index in [0.717, 1.165) is 17.0 Å². The molecule has 0 bridgehead atoms. The van der Waals surface area contributed by atoms with Crippen LogP contribution >= 0.6 is 11.3 Å². The molecule has 1 aromatic heterocycles. The molecular formula is C14H14F2N2OS. The van der Waals surface area contributed by atoms with E-state index >= 15 is 0 Å². The summed E-state index contributed by atoms with van der Waals surface area (Å²) in [5.74, 6) is -2.26. The number of thiophene rings is 1. The maximum Gasteiger partial charge on any atom is 0.253 e. The third-order valence-corrected chi connectivity index (χ3v) is 3.88. The van der Waals surface area contributed by atoms with Crippen LogP contribution in [0.3, 0.4) is 0 Å². The molecule has 1 amide bonds. The Kier molecular flexibility index (Phi) is 4.34. The highest BCUT2D eigenvalue weighted by Crippen LogP contribution is 2.18. The van der Waals surface area contributed by atoms with Crippen molar-refractivity contribution in [3.63, 3.8) is 0 Å². The van der Waals surface area contributed by atoms with Crippen LogP contribution in [0, 0.1) is 11.6 Å². The molecule has 20 heavy (non-hydrogen) atoms. The Hall–Kier alpha value is -1.95. The van der Waals surface area contributed by atoms with Gasteiger partial charge in [-0.3, -0.25) is 4.79 Å². The van der Waals surface area contributed by atoms with E-state index in [1.54, 1.807) is 18.4 Å². The number of rotatable bonds is 4. The first-order valence-electron chi connectivity index (χ1n) is 6.01. The number of hydrogen-bond acceptors (Lipinski definition) is 3. The van der Waals surface area contributed by atoms with Crippen molar-refractivity contribution in [3.8, 4) is 0 Å². The number of carbonyl (C=O) groups is 1. The van der Waals surface area contributed by atoms with E-state index in [2.05, 4.69) is 0 Å². The van der Waals surface area contributed by atoms with Gasteiger partial charge in [0.15, 0.2) is 0 Å². The molecule has 2 rings (SSSR count). The summed E-state index contributed by atoms with van der Waals surface area (Å²) in [6.45, 7) is 0.479. The zero-order valence-electron chi connectivity index (χ0n) is 10.9. The SMILES string of the molecule is CN(CCc1cccs1)C(=O)c1cc(F)c(N)c(F)c1. The smallest absolute Gasteiger partial charge is 0.253 e. The molecule has 1 heterocycles. The highest BCUT2D eigenvalue weighted by atomic mass is 32.1. The lowest BCUT2D eigenvalue weighted by molar-refractivity contribution is 0.0796. The van der Waals surface area contributed by atoms with Crippen molar-refractivity contribution in [1.29, 1.82) is 0 Å². The molecule has 0 saturated heterocycles. The highest BCUT2D eigenvalue weighted by molar-refractivity contribution is 7.09. The minimum absolute atomic E-state index is 0.0390. The Balaban J connectivity index is 2.06. The Bertz CT molecular complexity index is 591. The van der Waals surface area contributed by atoms with Crippen LogP contribution in [0.2, 0.25) is 0 Å². The van der Waals surface area contributed by atoms with Gasteiger partial charge in [-0.15, -0.1) is 11.3 Å². The van der Waals surface area contributed by atoms with Gasteiger partial charge < -0.3 is 10.6 Å². The van der Waals surface area contributed by atoms with Crippen LogP contribution in [-0.2, 0) is 6.42 Å². The van der Waals surface area contributed by atoms with Gasteiger partial charge in [-0.25, -0.2) is 8.78 Å². The summed E-state index contributed by atoms with van der Waals surface area (Å²) in [7, 11) is 1.60. The fourth-order valence-corrected chi connectivity index (χ4v) is 2.46. The van der Waals surface area contributed by atoms with Gasteiger partial charge in [-0.05, 0) is 30.0 Å². The van der Waals surface area contributed by atoms with Crippen LogP contribution in [0.15, 0.2) is 29.6 Å². The van der Waals surface area contributed by atoms with Gasteiger partial charge in [-0.1, -0.05) is 6.07 Å². The average Bonchev–Trinajstić information content (AvgIpc) is 2.94. The van der Waals surface area contributed by atoms with E-state index in [4.69, 9.17) is 5.73 Å². The minimum Gasteiger partial charge on any atom is -0.394 e. The number of nitrogens with zero attached hydrogens (tertiary/aromatic N) is 1. The van der Waals surface area contributed by atoms with Crippen molar-refractivity contribution in [1.82, 2.24) is 4.90 Å². The molecule has 0 unspecified atom stereocenters. The highest BCUT2D eigenvalue weighted by Gasteiger charge is 2.16. The van der Waals surface area contributed by atoms with E-state index in [1.165, 1.54) is 4.90 Å². The van der Waals surface area contributed by atoms with Crippen molar-refractivity contribution < 1.29 is 13.6 Å². The molecule has 0 spiro atoms. The van der Waals surface area contributed by atoms with Crippen LogP contribution in [0.1, 0.15) is 15.2 Å². The third-order valence-electron chi connectivity index (χ3n) is 2.95. The summed E-state index contributed by atoms with van der Waals surface area (Å²) in [6, 6.07) is 5.84. The van der Waals surface area contributed by atoms with E-state index in [9.17, 15) is 13.6 Å². The zero-order chi connectivity index (χ0) is 14.7. The fraction of sp³-hybridized carbons (Fsp3) is 0.214. The molecule has 2 N–H and O–H groups in total. The molecule has 0 aliphatic rings. The topological polar surface area (TPSA) is 46.3 Å². The van der Waals surface area contributed by atoms with Crippen molar-refractivity contribution in [2.45, 2.75) is 6.42 Å². The number of nitrogens with two attached hydrogens (primary N) is 1. The molecule has 0 aliphatic heterocycles. The van der Waals surface area contributed by atoms with Gasteiger partial charge in [0.05, 0.1) is 0 Å². The predicted molar refractivity (Wildman–Crippen MR) is 75.8 cm³/mol. The summed E-state index contributed by atoms with van der Waals surface area (Å²) in [6.07, 6.45) is 0.708. The number of amides is 1. The van der Waals surface area contributed by atoms with E-state index in [-0.39, 0.29) is 5.56 Å². The second-order valence-corrected chi connectivity index (χ2v) is 5.44. The van der Waals surface area contributed by atoms with Crippen LogP contribution in [-0.4, -0.2) is 24.4 Å². The number of anilines is 1. The number of likely N-dealkylation sites (N-methyl/N-ethyl adjacent to an activating group) is 1. The first-order chi connectivity index (χ1) is 9.49. The second-order valence-electron chi connectivity index (χ2n) is 4.41. The lowest BCUT2D eigenvalue weighted by Crippen LogP contribution is -2.29. The minimum atomic E-state index is -0.917. The normalized spacial score (nSPS) is 10.6. The average molecular weight is 296 g/mol. The number of benzene rings is 1. The molecule has 2 aromatic rings. The van der Waals surface area contributed by atoms with E-state index in [1.807, 2.05) is 17.5 Å². The quantitative estimate of drug-likeness (QED) is 0.882. The van der Waals surface area contributed by atoms with Crippen molar-refractivity contribution in [3.05, 3.63) is 51.7 Å². The third kappa shape index (κ3) is 3.14. The van der Waals surface area contributed by atoms with Gasteiger partial charge in [0.25, 0.3) is 5.91 Å². The van der Waals surface area contributed by atoms with Crippen LogP contribution < -0.4 is 5.73 Å². The summed E-state index contributed by atoms with van der Waals surface area (Å²) >= 11 is 1.60. The number of hydrogen-bond donors (Lipinski definition) is 1. The van der Waals surface area contributed by atoms with Crippen molar-refractivity contribution in [2.75, 3.05) is 19.3 Å². The van der Waals surface area contributed by atoms with E-state index < -0.39 is 23.2 Å². The Morgan fingerprint density at radius 3 is 2.55 bits per heavy atom. The standard InChI is InChI=1S/C14H14F2N2OS/c1-18(5-4-10-3-2-6-20-10)14(19)9-7-11(15)13(17)12(16)8-9/h2-3,6-8H,4-5,17H2,1H3. The maximum absolute atomic E-state index is 13.3. The molecule has 0 fully saturated rings. The summed E-state index contributed by atoms with van der Waals surface area (Å²) < 4.78 is 26.7. The molecule has 0 aliphatic carbocycles. The molecular weight excluding hydrogens is 282 g/mol. The molecule has 0 atom stereocenters. The predicted octanol–water partition coefficient (Wildman–Crippen LogP) is 2.92. The van der Waals surface area contributed by atoms with Gasteiger partial charge >= 0.3 is 0 Å². The Morgan fingerprint density at radius 2 is 2.00 bits per heavy atom. The Morgan fingerprint density at radius 1 is 1.35 bits per heavy atom. The number of nitrogen functional groups attached to an aromatic ring is 1. The summed E-state index contributed by atoms with van der Waals surface area (Å²) in [5, 5.41) is 1.96. The summed E-state index contributed by atoms with van der Waals surface area (Å²) in [5.41, 5.74) is 4.57. The van der Waals surface area contributed by atoms with Gasteiger partial charge in [0.1, 0.15) is 17.3 Å². The van der Waals surface area contributed by atoms with Crippen molar-refractivity contribution in [2.24, 2.45) is 0 Å². The maximum atomic E-state index is 13.3. The molecule has 0 radical (unpaired) electrons. The number of carbonyl (C=O) groups excluding carboxylic acids is 1. The zero-order valence-corrected chi connectivity index (χ0v) is 11.7. The first kappa shape index (κ1) is 14.5. The molecule has 3 nitrogen and oxygen atoms in total. The van der Waals surface area contributed by atoms with E-state index in [0.29, 0.717) is 13.0 Å². The van der Waals surface area contributed by atoms with Crippen LogP contribution in [0.25, 0.3) is 0 Å². The molecule has 0 saturated carbocycles. The van der Waals surface area contributed by atoms with Gasteiger partial charge in [-0.2, -0.15) is 0 Å². The molecule has 6 heteroatoms. The molecule has 106 valence electrons. The molecule has 1 aromatic carbocycles. The van der Waals surface area contributed by atoms with Gasteiger partial charge in [0.2, 0.25) is 0 Å².